The first-order valence-corrected chi connectivity index (χ1v) is 6.42. The Bertz CT molecular complexity index is 363. The molecule has 1 aromatic rings. The Hall–Kier alpha value is -1.09. The van der Waals surface area contributed by atoms with Gasteiger partial charge in [-0.05, 0) is 37.5 Å². The molecule has 1 aliphatic rings. The monoisotopic (exact) mass is 236 g/mol. The highest BCUT2D eigenvalue weighted by Gasteiger charge is 2.22. The number of nitrogens with one attached hydrogen (secondary N) is 1. The fourth-order valence-corrected chi connectivity index (χ4v) is 2.05. The van der Waals surface area contributed by atoms with Crippen molar-refractivity contribution in [1.82, 2.24) is 5.32 Å². The van der Waals surface area contributed by atoms with Crippen LogP contribution in [-0.2, 0) is 0 Å². The molecule has 0 aliphatic heterocycles. The van der Waals surface area contributed by atoms with Crippen LogP contribution >= 0.6 is 0 Å². The van der Waals surface area contributed by atoms with Gasteiger partial charge in [0.25, 0.3) is 0 Å². The molecule has 0 spiro atoms. The molecule has 1 N–H and O–H groups in total. The summed E-state index contributed by atoms with van der Waals surface area (Å²) in [5.74, 6) is -0.167. The summed E-state index contributed by atoms with van der Waals surface area (Å²) in [5, 5.41) is 3.54. The van der Waals surface area contributed by atoms with E-state index in [-0.39, 0.29) is 5.82 Å². The largest absolute Gasteiger partial charge is 0.370 e. The first kappa shape index (κ1) is 12.4. The number of hydrogen-bond acceptors (Lipinski definition) is 2. The van der Waals surface area contributed by atoms with Gasteiger partial charge in [0.1, 0.15) is 5.82 Å². The van der Waals surface area contributed by atoms with Gasteiger partial charge in [-0.3, -0.25) is 0 Å². The summed E-state index contributed by atoms with van der Waals surface area (Å²) >= 11 is 0. The molecule has 1 aliphatic carbocycles. The molecule has 0 saturated heterocycles. The Morgan fingerprint density at radius 3 is 2.82 bits per heavy atom. The number of anilines is 1. The summed E-state index contributed by atoms with van der Waals surface area (Å²) in [6.07, 6.45) is 3.67. The Morgan fingerprint density at radius 1 is 1.47 bits per heavy atom. The second-order valence-electron chi connectivity index (χ2n) is 4.84. The molecule has 1 atom stereocenters. The minimum atomic E-state index is -0.167. The van der Waals surface area contributed by atoms with Gasteiger partial charge in [0.15, 0.2) is 0 Å². The van der Waals surface area contributed by atoms with Crippen LogP contribution in [-0.4, -0.2) is 25.7 Å². The van der Waals surface area contributed by atoms with Crippen LogP contribution in [0.5, 0.6) is 0 Å². The lowest BCUT2D eigenvalue weighted by Crippen LogP contribution is -2.40. The lowest BCUT2D eigenvalue weighted by Gasteiger charge is -2.29. The van der Waals surface area contributed by atoms with Crippen LogP contribution in [0.25, 0.3) is 0 Å². The zero-order valence-electron chi connectivity index (χ0n) is 10.6. The van der Waals surface area contributed by atoms with E-state index >= 15 is 0 Å². The van der Waals surface area contributed by atoms with Crippen LogP contribution < -0.4 is 10.2 Å². The maximum atomic E-state index is 13.2. The van der Waals surface area contributed by atoms with Crippen molar-refractivity contribution in [3.8, 4) is 0 Å². The fourth-order valence-electron chi connectivity index (χ4n) is 2.05. The number of hydrogen-bond donors (Lipinski definition) is 1. The molecular weight excluding hydrogens is 215 g/mol. The summed E-state index contributed by atoms with van der Waals surface area (Å²) in [7, 11) is 2.04. The van der Waals surface area contributed by atoms with Gasteiger partial charge in [-0.25, -0.2) is 4.39 Å². The standard InChI is InChI=1S/C14H21FN2/c1-3-13(10-16-12-7-8-12)17(2)14-6-4-5-11(15)9-14/h4-6,9,12-13,16H,3,7-8,10H2,1-2H3. The van der Waals surface area contributed by atoms with Gasteiger partial charge in [-0.1, -0.05) is 13.0 Å². The third-order valence-electron chi connectivity index (χ3n) is 3.45. The van der Waals surface area contributed by atoms with E-state index in [0.717, 1.165) is 24.7 Å². The van der Waals surface area contributed by atoms with E-state index in [0.29, 0.717) is 6.04 Å². The summed E-state index contributed by atoms with van der Waals surface area (Å²) in [4.78, 5) is 2.17. The number of nitrogens with zero attached hydrogens (tertiary/aromatic N) is 1. The molecule has 94 valence electrons. The van der Waals surface area contributed by atoms with Crippen molar-refractivity contribution in [2.45, 2.75) is 38.3 Å². The highest BCUT2D eigenvalue weighted by molar-refractivity contribution is 5.46. The van der Waals surface area contributed by atoms with E-state index in [1.54, 1.807) is 12.1 Å². The van der Waals surface area contributed by atoms with Crippen molar-refractivity contribution in [2.75, 3.05) is 18.5 Å². The average molecular weight is 236 g/mol. The SMILES string of the molecule is CCC(CNC1CC1)N(C)c1cccc(F)c1. The number of likely N-dealkylation sites (N-methyl/N-ethyl adjacent to an activating group) is 1. The predicted octanol–water partition coefficient (Wildman–Crippen LogP) is 2.79. The normalized spacial score (nSPS) is 16.9. The first-order chi connectivity index (χ1) is 8.20. The van der Waals surface area contributed by atoms with E-state index in [2.05, 4.69) is 17.1 Å². The van der Waals surface area contributed by atoms with Gasteiger partial charge in [0.05, 0.1) is 0 Å². The van der Waals surface area contributed by atoms with Gasteiger partial charge >= 0.3 is 0 Å². The predicted molar refractivity (Wildman–Crippen MR) is 69.9 cm³/mol. The van der Waals surface area contributed by atoms with Crippen molar-refractivity contribution < 1.29 is 4.39 Å². The second kappa shape index (κ2) is 5.50. The maximum Gasteiger partial charge on any atom is 0.125 e. The quantitative estimate of drug-likeness (QED) is 0.817. The molecule has 1 aromatic carbocycles. The summed E-state index contributed by atoms with van der Waals surface area (Å²) in [6.45, 7) is 3.16. The minimum absolute atomic E-state index is 0.167. The van der Waals surface area contributed by atoms with Crippen molar-refractivity contribution >= 4 is 5.69 Å². The van der Waals surface area contributed by atoms with Crippen molar-refractivity contribution in [3.63, 3.8) is 0 Å². The van der Waals surface area contributed by atoms with E-state index in [9.17, 15) is 4.39 Å². The zero-order valence-corrected chi connectivity index (χ0v) is 10.6. The smallest absolute Gasteiger partial charge is 0.125 e. The summed E-state index contributed by atoms with van der Waals surface area (Å²) < 4.78 is 13.2. The molecule has 2 nitrogen and oxygen atoms in total. The Kier molecular flexibility index (Phi) is 4.00. The molecule has 2 rings (SSSR count). The van der Waals surface area contributed by atoms with Gasteiger partial charge in [-0.15, -0.1) is 0 Å². The van der Waals surface area contributed by atoms with Crippen LogP contribution in [0.2, 0.25) is 0 Å². The molecule has 1 unspecified atom stereocenters. The molecule has 0 amide bonds. The van der Waals surface area contributed by atoms with Crippen LogP contribution in [0.3, 0.4) is 0 Å². The highest BCUT2D eigenvalue weighted by Crippen LogP contribution is 2.21. The van der Waals surface area contributed by atoms with E-state index in [1.807, 2.05) is 13.1 Å². The first-order valence-electron chi connectivity index (χ1n) is 6.42. The maximum absolute atomic E-state index is 13.2. The number of halogens is 1. The van der Waals surface area contributed by atoms with Gasteiger partial charge in [-0.2, -0.15) is 0 Å². The number of rotatable bonds is 6. The van der Waals surface area contributed by atoms with Gasteiger partial charge < -0.3 is 10.2 Å². The Morgan fingerprint density at radius 2 is 2.24 bits per heavy atom. The number of benzene rings is 1. The third kappa shape index (κ3) is 3.43. The van der Waals surface area contributed by atoms with Crippen molar-refractivity contribution in [3.05, 3.63) is 30.1 Å². The Labute approximate surface area is 103 Å². The molecule has 0 heterocycles. The molecule has 0 radical (unpaired) electrons. The van der Waals surface area contributed by atoms with Crippen LogP contribution in [0.1, 0.15) is 26.2 Å². The lowest BCUT2D eigenvalue weighted by molar-refractivity contribution is 0.537. The second-order valence-corrected chi connectivity index (χ2v) is 4.84. The topological polar surface area (TPSA) is 15.3 Å². The molecule has 17 heavy (non-hydrogen) atoms. The van der Waals surface area contributed by atoms with E-state index < -0.39 is 0 Å². The third-order valence-corrected chi connectivity index (χ3v) is 3.45. The summed E-state index contributed by atoms with van der Waals surface area (Å²) in [5.41, 5.74) is 0.953. The molecule has 3 heteroatoms. The van der Waals surface area contributed by atoms with E-state index in [4.69, 9.17) is 0 Å². The molecule has 0 aromatic heterocycles. The van der Waals surface area contributed by atoms with Crippen molar-refractivity contribution in [1.29, 1.82) is 0 Å². The van der Waals surface area contributed by atoms with Crippen LogP contribution in [0.15, 0.2) is 24.3 Å². The average Bonchev–Trinajstić information content (AvgIpc) is 3.13. The summed E-state index contributed by atoms with van der Waals surface area (Å²) in [6, 6.07) is 7.97. The highest BCUT2D eigenvalue weighted by atomic mass is 19.1. The van der Waals surface area contributed by atoms with Crippen LogP contribution in [0, 0.1) is 5.82 Å². The van der Waals surface area contributed by atoms with E-state index in [1.165, 1.54) is 18.9 Å². The van der Waals surface area contributed by atoms with Crippen molar-refractivity contribution in [2.24, 2.45) is 0 Å². The Balaban J connectivity index is 1.96. The fraction of sp³-hybridized carbons (Fsp3) is 0.571. The molecule has 0 bridgehead atoms. The zero-order chi connectivity index (χ0) is 12.3. The minimum Gasteiger partial charge on any atom is -0.370 e. The molecule has 1 fully saturated rings. The van der Waals surface area contributed by atoms with Gasteiger partial charge in [0, 0.05) is 31.4 Å². The lowest BCUT2D eigenvalue weighted by atomic mass is 10.1. The van der Waals surface area contributed by atoms with Gasteiger partial charge in [0.2, 0.25) is 0 Å². The molecular formula is C14H21FN2. The van der Waals surface area contributed by atoms with Crippen LogP contribution in [0.4, 0.5) is 10.1 Å². The molecule has 1 saturated carbocycles.